The first kappa shape index (κ1) is 44.9. The standard InChI is InChI=1S/C46H68O2/c1-3-5-6-7-8-9-10-11-12-13-14-15-16-17-18-19-20-21-25-28-31-34-37-40-43-46(48)44-41-38-35-32-29-26-23-22-24-27-30-33-36-39-42-45(47)4-2/h1-2,5-6,21,23,25-26,34,37,39,42,45-48H,7-20,22,24,27-33,35-36,38H2. The molecule has 0 aliphatic heterocycles. The third kappa shape index (κ3) is 39.0. The number of allylic oxidation sites excluding steroid dienone is 9. The van der Waals surface area contributed by atoms with Crippen LogP contribution < -0.4 is 0 Å². The fourth-order valence-corrected chi connectivity index (χ4v) is 5.22. The first-order valence-corrected chi connectivity index (χ1v) is 19.2. The van der Waals surface area contributed by atoms with Crippen LogP contribution in [0.5, 0.6) is 0 Å². The van der Waals surface area contributed by atoms with E-state index in [1.165, 1.54) is 103 Å². The van der Waals surface area contributed by atoms with Gasteiger partial charge in [-0.1, -0.05) is 155 Å². The average Bonchev–Trinajstić information content (AvgIpc) is 3.09. The molecule has 0 heterocycles. The van der Waals surface area contributed by atoms with Gasteiger partial charge < -0.3 is 10.2 Å². The largest absolute Gasteiger partial charge is 0.377 e. The van der Waals surface area contributed by atoms with Crippen LogP contribution in [-0.2, 0) is 0 Å². The Balaban J connectivity index is 3.51. The molecule has 0 fully saturated rings. The van der Waals surface area contributed by atoms with Gasteiger partial charge in [-0.3, -0.25) is 0 Å². The molecular formula is C46H68O2. The van der Waals surface area contributed by atoms with Crippen LogP contribution in [0.15, 0.2) is 60.8 Å². The summed E-state index contributed by atoms with van der Waals surface area (Å²) < 4.78 is 0. The maximum atomic E-state index is 9.93. The van der Waals surface area contributed by atoms with Crippen molar-refractivity contribution in [1.29, 1.82) is 0 Å². The second-order valence-electron chi connectivity index (χ2n) is 12.6. The number of aliphatic hydroxyl groups is 2. The predicted molar refractivity (Wildman–Crippen MR) is 211 cm³/mol. The van der Waals surface area contributed by atoms with E-state index in [0.29, 0.717) is 0 Å². The molecule has 0 aromatic carbocycles. The second-order valence-corrected chi connectivity index (χ2v) is 12.6. The molecule has 0 bridgehead atoms. The highest BCUT2D eigenvalue weighted by atomic mass is 16.3. The highest BCUT2D eigenvalue weighted by Crippen LogP contribution is 2.13. The molecule has 2 atom stereocenters. The molecular weight excluding hydrogens is 585 g/mol. The molecule has 2 nitrogen and oxygen atoms in total. The van der Waals surface area contributed by atoms with Crippen molar-refractivity contribution >= 4 is 0 Å². The monoisotopic (exact) mass is 653 g/mol. The Labute approximate surface area is 297 Å². The van der Waals surface area contributed by atoms with Crippen LogP contribution in [0.25, 0.3) is 0 Å². The van der Waals surface area contributed by atoms with Crippen LogP contribution in [0.2, 0.25) is 0 Å². The summed E-state index contributed by atoms with van der Waals surface area (Å²) in [6, 6.07) is 0. The van der Waals surface area contributed by atoms with Crippen LogP contribution in [0.3, 0.4) is 0 Å². The third-order valence-corrected chi connectivity index (χ3v) is 8.10. The van der Waals surface area contributed by atoms with Crippen LogP contribution >= 0.6 is 0 Å². The zero-order valence-electron chi connectivity index (χ0n) is 30.4. The van der Waals surface area contributed by atoms with E-state index in [0.717, 1.165) is 64.2 Å². The van der Waals surface area contributed by atoms with Crippen molar-refractivity contribution in [2.24, 2.45) is 0 Å². The van der Waals surface area contributed by atoms with Gasteiger partial charge in [-0.05, 0) is 102 Å². The van der Waals surface area contributed by atoms with E-state index in [1.807, 2.05) is 18.2 Å². The molecule has 0 saturated carbocycles. The Morgan fingerprint density at radius 2 is 0.854 bits per heavy atom. The van der Waals surface area contributed by atoms with Gasteiger partial charge in [0.1, 0.15) is 6.10 Å². The van der Waals surface area contributed by atoms with Gasteiger partial charge in [-0.2, -0.15) is 0 Å². The minimum atomic E-state index is -0.867. The summed E-state index contributed by atoms with van der Waals surface area (Å²) in [7, 11) is 0. The summed E-state index contributed by atoms with van der Waals surface area (Å²) in [5.41, 5.74) is 0. The summed E-state index contributed by atoms with van der Waals surface area (Å²) in [4.78, 5) is 0. The van der Waals surface area contributed by atoms with Gasteiger partial charge >= 0.3 is 0 Å². The summed E-state index contributed by atoms with van der Waals surface area (Å²) >= 11 is 0. The molecule has 0 saturated heterocycles. The topological polar surface area (TPSA) is 40.5 Å². The Kier molecular flexibility index (Phi) is 37.4. The van der Waals surface area contributed by atoms with Crippen LogP contribution in [0.1, 0.15) is 167 Å². The van der Waals surface area contributed by atoms with Gasteiger partial charge in [0.05, 0.1) is 0 Å². The van der Waals surface area contributed by atoms with Crippen molar-refractivity contribution in [2.75, 3.05) is 0 Å². The maximum absolute atomic E-state index is 9.93. The predicted octanol–water partition coefficient (Wildman–Crippen LogP) is 11.9. The molecule has 0 aromatic heterocycles. The molecule has 0 spiro atoms. The van der Waals surface area contributed by atoms with Crippen LogP contribution in [0, 0.1) is 48.4 Å². The fraction of sp³-hybridized carbons (Fsp3) is 0.609. The normalized spacial score (nSPS) is 12.8. The van der Waals surface area contributed by atoms with E-state index >= 15 is 0 Å². The van der Waals surface area contributed by atoms with E-state index in [-0.39, 0.29) is 0 Å². The van der Waals surface area contributed by atoms with Crippen LogP contribution in [0.4, 0.5) is 0 Å². The lowest BCUT2D eigenvalue weighted by Gasteiger charge is -2.02. The zero-order valence-corrected chi connectivity index (χ0v) is 30.4. The Hall–Kier alpha value is -3.14. The van der Waals surface area contributed by atoms with Gasteiger partial charge in [-0.25, -0.2) is 0 Å². The maximum Gasteiger partial charge on any atom is 0.176 e. The molecule has 0 amide bonds. The fourth-order valence-electron chi connectivity index (χ4n) is 5.22. The number of aliphatic hydroxyl groups excluding tert-OH is 2. The lowest BCUT2D eigenvalue weighted by molar-refractivity contribution is 0.280. The minimum Gasteiger partial charge on any atom is -0.377 e. The number of hydrogen-bond acceptors (Lipinski definition) is 2. The van der Waals surface area contributed by atoms with Crippen molar-refractivity contribution in [3.63, 3.8) is 0 Å². The second kappa shape index (κ2) is 40.0. The van der Waals surface area contributed by atoms with Crippen molar-refractivity contribution in [1.82, 2.24) is 0 Å². The van der Waals surface area contributed by atoms with Gasteiger partial charge in [-0.15, -0.1) is 12.8 Å². The first-order chi connectivity index (χ1) is 23.7. The summed E-state index contributed by atoms with van der Waals surface area (Å²) in [6.45, 7) is 0. The van der Waals surface area contributed by atoms with Crippen molar-refractivity contribution in [3.05, 3.63) is 60.8 Å². The van der Waals surface area contributed by atoms with Crippen molar-refractivity contribution < 1.29 is 10.2 Å². The Morgan fingerprint density at radius 1 is 0.438 bits per heavy atom. The molecule has 48 heavy (non-hydrogen) atoms. The van der Waals surface area contributed by atoms with Gasteiger partial charge in [0.2, 0.25) is 0 Å². The molecule has 0 aliphatic carbocycles. The highest BCUT2D eigenvalue weighted by Gasteiger charge is 1.94. The quantitative estimate of drug-likeness (QED) is 0.0460. The smallest absolute Gasteiger partial charge is 0.176 e. The SMILES string of the molecule is C#CC=CCCCCCCCCCCCCCCC=CCCC=CC#CC(O)C#CCCCCC=CCCCCCCC=CC(O)C#C. The Morgan fingerprint density at radius 3 is 1.38 bits per heavy atom. The first-order valence-electron chi connectivity index (χ1n) is 19.2. The lowest BCUT2D eigenvalue weighted by atomic mass is 10.0. The summed E-state index contributed by atoms with van der Waals surface area (Å²) in [6.07, 6.45) is 61.1. The molecule has 0 radical (unpaired) electrons. The molecule has 264 valence electrons. The van der Waals surface area contributed by atoms with E-state index in [2.05, 4.69) is 72.0 Å². The average molecular weight is 653 g/mol. The van der Waals surface area contributed by atoms with Gasteiger partial charge in [0.15, 0.2) is 6.10 Å². The third-order valence-electron chi connectivity index (χ3n) is 8.10. The molecule has 2 unspecified atom stereocenters. The minimum absolute atomic E-state index is 0.746. The van der Waals surface area contributed by atoms with Gasteiger partial charge in [0, 0.05) is 6.42 Å². The zero-order chi connectivity index (χ0) is 34.9. The van der Waals surface area contributed by atoms with Crippen molar-refractivity contribution in [3.8, 4) is 48.4 Å². The van der Waals surface area contributed by atoms with E-state index in [9.17, 15) is 10.2 Å². The molecule has 0 aromatic rings. The van der Waals surface area contributed by atoms with Crippen LogP contribution in [-0.4, -0.2) is 22.4 Å². The van der Waals surface area contributed by atoms with E-state index in [4.69, 9.17) is 12.8 Å². The molecule has 0 rings (SSSR count). The number of hydrogen-bond donors (Lipinski definition) is 2. The number of unbranched alkanes of at least 4 members (excludes halogenated alkanes) is 22. The number of rotatable bonds is 30. The highest BCUT2D eigenvalue weighted by molar-refractivity contribution is 5.24. The van der Waals surface area contributed by atoms with E-state index in [1.54, 1.807) is 6.08 Å². The summed E-state index contributed by atoms with van der Waals surface area (Å²) in [5, 5.41) is 19.2. The summed E-state index contributed by atoms with van der Waals surface area (Å²) in [5.74, 6) is 16.4. The van der Waals surface area contributed by atoms with Gasteiger partial charge in [0.25, 0.3) is 0 Å². The van der Waals surface area contributed by atoms with Crippen molar-refractivity contribution in [2.45, 2.75) is 179 Å². The van der Waals surface area contributed by atoms with E-state index < -0.39 is 12.2 Å². The number of terminal acetylenes is 2. The molecule has 2 heteroatoms. The lowest BCUT2D eigenvalue weighted by Crippen LogP contribution is -1.97. The molecule has 2 N–H and O–H groups in total. The molecule has 0 aliphatic rings. The Bertz CT molecular complexity index is 1070.